The third kappa shape index (κ3) is 2.99. The van der Waals surface area contributed by atoms with Crippen molar-refractivity contribution >= 4 is 0 Å². The van der Waals surface area contributed by atoms with Gasteiger partial charge in [0.2, 0.25) is 0 Å². The molecule has 1 aliphatic carbocycles. The van der Waals surface area contributed by atoms with Gasteiger partial charge in [0.15, 0.2) is 0 Å². The van der Waals surface area contributed by atoms with Gasteiger partial charge in [-0.05, 0) is 32.5 Å². The highest BCUT2D eigenvalue weighted by molar-refractivity contribution is 5.30. The van der Waals surface area contributed by atoms with Crippen molar-refractivity contribution in [3.05, 3.63) is 23.4 Å². The minimum Gasteiger partial charge on any atom is -0.399 e. The molecule has 0 saturated carbocycles. The van der Waals surface area contributed by atoms with Gasteiger partial charge in [-0.25, -0.2) is 0 Å². The van der Waals surface area contributed by atoms with Crippen molar-refractivity contribution in [3.8, 4) is 0 Å². The Labute approximate surface area is 87.0 Å². The van der Waals surface area contributed by atoms with E-state index in [4.69, 9.17) is 5.73 Å². The van der Waals surface area contributed by atoms with Gasteiger partial charge in [0, 0.05) is 11.7 Å². The van der Waals surface area contributed by atoms with E-state index in [0.29, 0.717) is 5.57 Å². The van der Waals surface area contributed by atoms with Crippen molar-refractivity contribution in [2.45, 2.75) is 25.6 Å². The zero-order valence-corrected chi connectivity index (χ0v) is 8.73. The fourth-order valence-electron chi connectivity index (χ4n) is 1.56. The first-order valence-corrected chi connectivity index (χ1v) is 4.76. The van der Waals surface area contributed by atoms with Crippen molar-refractivity contribution in [1.29, 1.82) is 0 Å². The summed E-state index contributed by atoms with van der Waals surface area (Å²) in [6.45, 7) is 1.82. The first-order chi connectivity index (χ1) is 6.84. The third-order valence-corrected chi connectivity index (χ3v) is 2.61. The second-order valence-corrected chi connectivity index (χ2v) is 3.75. The molecule has 2 nitrogen and oxygen atoms in total. The van der Waals surface area contributed by atoms with E-state index in [2.05, 4.69) is 5.32 Å². The van der Waals surface area contributed by atoms with Gasteiger partial charge in [-0.1, -0.05) is 5.57 Å². The molecule has 2 atom stereocenters. The van der Waals surface area contributed by atoms with Crippen molar-refractivity contribution < 1.29 is 13.2 Å². The van der Waals surface area contributed by atoms with E-state index >= 15 is 0 Å². The number of halogens is 3. The molecule has 5 heteroatoms. The molecule has 1 aliphatic rings. The van der Waals surface area contributed by atoms with E-state index in [0.717, 1.165) is 6.08 Å². The molecule has 86 valence electrons. The lowest BCUT2D eigenvalue weighted by Crippen LogP contribution is -2.31. The average molecular weight is 220 g/mol. The normalized spacial score (nSPS) is 24.5. The molecule has 3 N–H and O–H groups in total. The highest BCUT2D eigenvalue weighted by Gasteiger charge is 2.40. The van der Waals surface area contributed by atoms with Crippen LogP contribution in [-0.2, 0) is 0 Å². The van der Waals surface area contributed by atoms with E-state index in [1.54, 1.807) is 13.1 Å². The minimum atomic E-state index is -4.21. The maximum atomic E-state index is 12.5. The Morgan fingerprint density at radius 2 is 2.13 bits per heavy atom. The van der Waals surface area contributed by atoms with Crippen LogP contribution < -0.4 is 11.1 Å². The van der Waals surface area contributed by atoms with Gasteiger partial charge >= 0.3 is 6.18 Å². The SMILES string of the molecule is CN[C@H](C)C1=CC(N)=CC(C(F)(F)F)C1. The Morgan fingerprint density at radius 3 is 2.60 bits per heavy atom. The Kier molecular flexibility index (Phi) is 3.44. The molecule has 0 amide bonds. The van der Waals surface area contributed by atoms with Crippen molar-refractivity contribution in [2.75, 3.05) is 7.05 Å². The molecule has 1 unspecified atom stereocenters. The predicted molar refractivity (Wildman–Crippen MR) is 53.0 cm³/mol. The molecule has 0 aromatic rings. The van der Waals surface area contributed by atoms with Crippen LogP contribution in [0.1, 0.15) is 13.3 Å². The zero-order valence-electron chi connectivity index (χ0n) is 8.73. The second-order valence-electron chi connectivity index (χ2n) is 3.75. The first kappa shape index (κ1) is 12.1. The van der Waals surface area contributed by atoms with Crippen LogP contribution in [0.3, 0.4) is 0 Å². The summed E-state index contributed by atoms with van der Waals surface area (Å²) in [5, 5.41) is 2.91. The molecular formula is C10H15F3N2. The molecule has 0 heterocycles. The minimum absolute atomic E-state index is 0.00773. The molecule has 0 radical (unpaired) electrons. The lowest BCUT2D eigenvalue weighted by atomic mass is 9.89. The summed E-state index contributed by atoms with van der Waals surface area (Å²) in [5.41, 5.74) is 6.35. The number of nitrogens with two attached hydrogens (primary N) is 1. The number of nitrogens with one attached hydrogen (secondary N) is 1. The van der Waals surface area contributed by atoms with Crippen LogP contribution in [0.5, 0.6) is 0 Å². The molecule has 0 bridgehead atoms. The van der Waals surface area contributed by atoms with E-state index < -0.39 is 12.1 Å². The maximum Gasteiger partial charge on any atom is 0.395 e. The van der Waals surface area contributed by atoms with E-state index in [1.807, 2.05) is 6.92 Å². The molecule has 15 heavy (non-hydrogen) atoms. The van der Waals surface area contributed by atoms with Gasteiger partial charge in [-0.3, -0.25) is 0 Å². The van der Waals surface area contributed by atoms with Gasteiger partial charge in [-0.15, -0.1) is 0 Å². The Morgan fingerprint density at radius 1 is 1.53 bits per heavy atom. The fraction of sp³-hybridized carbons (Fsp3) is 0.600. The molecule has 0 aromatic heterocycles. The number of likely N-dealkylation sites (N-methyl/N-ethyl adjacent to an activating group) is 1. The van der Waals surface area contributed by atoms with Crippen LogP contribution in [0.15, 0.2) is 23.4 Å². The molecule has 0 aliphatic heterocycles. The van der Waals surface area contributed by atoms with E-state index in [9.17, 15) is 13.2 Å². The monoisotopic (exact) mass is 220 g/mol. The van der Waals surface area contributed by atoms with Crippen LogP contribution in [0.25, 0.3) is 0 Å². The number of hydrogen-bond donors (Lipinski definition) is 2. The summed E-state index contributed by atoms with van der Waals surface area (Å²) in [6, 6.07) is -0.0814. The van der Waals surface area contributed by atoms with Gasteiger partial charge < -0.3 is 11.1 Å². The number of rotatable bonds is 2. The summed E-state index contributed by atoms with van der Waals surface area (Å²) in [5.74, 6) is -1.45. The van der Waals surface area contributed by atoms with Gasteiger partial charge in [-0.2, -0.15) is 13.2 Å². The van der Waals surface area contributed by atoms with E-state index in [-0.39, 0.29) is 18.2 Å². The fourth-order valence-corrected chi connectivity index (χ4v) is 1.56. The maximum absolute atomic E-state index is 12.5. The van der Waals surface area contributed by atoms with Crippen LogP contribution in [0.4, 0.5) is 13.2 Å². The van der Waals surface area contributed by atoms with Crippen LogP contribution >= 0.6 is 0 Å². The predicted octanol–water partition coefficient (Wildman–Crippen LogP) is 1.95. The Balaban J connectivity index is 2.85. The molecule has 0 aromatic carbocycles. The number of allylic oxidation sites excluding steroid dienone is 2. The summed E-state index contributed by atoms with van der Waals surface area (Å²) >= 11 is 0. The summed E-state index contributed by atoms with van der Waals surface area (Å²) < 4.78 is 37.5. The molecular weight excluding hydrogens is 205 g/mol. The first-order valence-electron chi connectivity index (χ1n) is 4.76. The van der Waals surface area contributed by atoms with E-state index in [1.165, 1.54) is 0 Å². The van der Waals surface area contributed by atoms with Crippen LogP contribution in [-0.4, -0.2) is 19.3 Å². The van der Waals surface area contributed by atoms with Gasteiger partial charge in [0.05, 0.1) is 5.92 Å². The zero-order chi connectivity index (χ0) is 11.6. The Hall–Kier alpha value is -0.970. The quantitative estimate of drug-likeness (QED) is 0.746. The molecule has 0 fully saturated rings. The second kappa shape index (κ2) is 4.26. The average Bonchev–Trinajstić information content (AvgIpc) is 2.14. The molecule has 1 rings (SSSR count). The van der Waals surface area contributed by atoms with Gasteiger partial charge in [0.25, 0.3) is 0 Å². The standard InChI is InChI=1S/C10H15F3N2/c1-6(15-2)7-3-8(10(11,12)13)5-9(14)4-7/h4-6,8,15H,3,14H2,1-2H3/t6-,8?/m1/s1. The Bertz CT molecular complexity index is 292. The number of hydrogen-bond acceptors (Lipinski definition) is 2. The van der Waals surface area contributed by atoms with Gasteiger partial charge in [0.1, 0.15) is 0 Å². The van der Waals surface area contributed by atoms with Crippen molar-refractivity contribution in [2.24, 2.45) is 11.7 Å². The highest BCUT2D eigenvalue weighted by atomic mass is 19.4. The third-order valence-electron chi connectivity index (χ3n) is 2.61. The topological polar surface area (TPSA) is 38.0 Å². The molecule has 0 saturated heterocycles. The number of alkyl halides is 3. The van der Waals surface area contributed by atoms with Crippen molar-refractivity contribution in [3.63, 3.8) is 0 Å². The molecule has 0 spiro atoms. The summed E-state index contributed by atoms with van der Waals surface area (Å²) in [4.78, 5) is 0. The largest absolute Gasteiger partial charge is 0.399 e. The summed E-state index contributed by atoms with van der Waals surface area (Å²) in [7, 11) is 1.71. The van der Waals surface area contributed by atoms with Crippen LogP contribution in [0.2, 0.25) is 0 Å². The van der Waals surface area contributed by atoms with Crippen molar-refractivity contribution in [1.82, 2.24) is 5.32 Å². The summed E-state index contributed by atoms with van der Waals surface area (Å²) in [6.07, 6.45) is -1.53. The lowest BCUT2D eigenvalue weighted by molar-refractivity contribution is -0.161. The highest BCUT2D eigenvalue weighted by Crippen LogP contribution is 2.35. The lowest BCUT2D eigenvalue weighted by Gasteiger charge is -2.25. The van der Waals surface area contributed by atoms with Crippen LogP contribution in [0, 0.1) is 5.92 Å². The smallest absolute Gasteiger partial charge is 0.395 e.